The Bertz CT molecular complexity index is 341. The molecule has 0 saturated carbocycles. The van der Waals surface area contributed by atoms with E-state index < -0.39 is 10.4 Å². The molecule has 0 aromatic heterocycles. The molecule has 0 bridgehead atoms. The summed E-state index contributed by atoms with van der Waals surface area (Å²) in [6.07, 6.45) is 14.6. The zero-order valence-electron chi connectivity index (χ0n) is 15.5. The quantitative estimate of drug-likeness (QED) is 0.313. The Labute approximate surface area is 144 Å². The van der Waals surface area contributed by atoms with Crippen molar-refractivity contribution in [2.24, 2.45) is 0 Å². The van der Waals surface area contributed by atoms with E-state index in [2.05, 4.69) is 13.8 Å². The van der Waals surface area contributed by atoms with Gasteiger partial charge in [0.2, 0.25) is 0 Å². The molecule has 0 aliphatic rings. The van der Waals surface area contributed by atoms with Crippen molar-refractivity contribution in [1.29, 1.82) is 0 Å². The van der Waals surface area contributed by atoms with Crippen LogP contribution in [0.4, 0.5) is 0 Å². The summed E-state index contributed by atoms with van der Waals surface area (Å²) in [5.74, 6) is 0. The van der Waals surface area contributed by atoms with Crippen molar-refractivity contribution in [2.75, 3.05) is 6.61 Å². The third-order valence-corrected chi connectivity index (χ3v) is 4.99. The molecule has 23 heavy (non-hydrogen) atoms. The van der Waals surface area contributed by atoms with E-state index in [9.17, 15) is 8.42 Å². The minimum absolute atomic E-state index is 0.235. The lowest BCUT2D eigenvalue weighted by Crippen LogP contribution is -2.18. The molecule has 0 fully saturated rings. The van der Waals surface area contributed by atoms with Crippen LogP contribution in [-0.2, 0) is 18.8 Å². The Morgan fingerprint density at radius 1 is 0.739 bits per heavy atom. The molecule has 0 rings (SSSR count). The summed E-state index contributed by atoms with van der Waals surface area (Å²) in [6.45, 7) is 6.32. The van der Waals surface area contributed by atoms with Crippen molar-refractivity contribution in [2.45, 2.75) is 110 Å². The second-order valence-electron chi connectivity index (χ2n) is 6.46. The molecule has 0 amide bonds. The van der Waals surface area contributed by atoms with Crippen LogP contribution in [0.15, 0.2) is 0 Å². The first-order valence-corrected chi connectivity index (χ1v) is 10.9. The van der Waals surface area contributed by atoms with Gasteiger partial charge in [0.1, 0.15) is 0 Å². The largest absolute Gasteiger partial charge is 0.400 e. The van der Waals surface area contributed by atoms with E-state index >= 15 is 0 Å². The molecule has 0 aliphatic carbocycles. The van der Waals surface area contributed by atoms with Crippen molar-refractivity contribution >= 4 is 10.4 Å². The minimum Gasteiger partial charge on any atom is -0.248 e. The first-order valence-electron chi connectivity index (χ1n) is 9.59. The zero-order valence-corrected chi connectivity index (χ0v) is 16.3. The molecule has 0 saturated heterocycles. The van der Waals surface area contributed by atoms with E-state index in [0.29, 0.717) is 0 Å². The van der Waals surface area contributed by atoms with Crippen LogP contribution in [-0.4, -0.2) is 21.1 Å². The Morgan fingerprint density at radius 2 is 1.22 bits per heavy atom. The number of rotatable bonds is 17. The Balaban J connectivity index is 3.45. The average molecular weight is 351 g/mol. The van der Waals surface area contributed by atoms with Crippen LogP contribution >= 0.6 is 0 Å². The molecular weight excluding hydrogens is 312 g/mol. The Morgan fingerprint density at radius 3 is 1.74 bits per heavy atom. The van der Waals surface area contributed by atoms with Gasteiger partial charge in [0.05, 0.1) is 12.7 Å². The van der Waals surface area contributed by atoms with E-state index in [1.54, 1.807) is 6.92 Å². The van der Waals surface area contributed by atoms with Crippen LogP contribution < -0.4 is 0 Å². The third kappa shape index (κ3) is 16.5. The highest BCUT2D eigenvalue weighted by Crippen LogP contribution is 2.12. The van der Waals surface area contributed by atoms with Gasteiger partial charge in [-0.3, -0.25) is 0 Å². The first kappa shape index (κ1) is 22.9. The number of unbranched alkanes of at least 4 members (excludes halogenated alkanes) is 10. The zero-order chi connectivity index (χ0) is 17.4. The van der Waals surface area contributed by atoms with E-state index in [0.717, 1.165) is 38.5 Å². The minimum atomic E-state index is -3.82. The van der Waals surface area contributed by atoms with Crippen molar-refractivity contribution in [1.82, 2.24) is 0 Å². The second-order valence-corrected chi connectivity index (χ2v) is 7.71. The molecule has 0 aromatic rings. The monoisotopic (exact) mass is 350 g/mol. The van der Waals surface area contributed by atoms with Crippen LogP contribution in [0.1, 0.15) is 104 Å². The molecular formula is C18H38O4S. The van der Waals surface area contributed by atoms with Gasteiger partial charge in [-0.1, -0.05) is 84.5 Å². The maximum absolute atomic E-state index is 11.6. The summed E-state index contributed by atoms with van der Waals surface area (Å²) in [5, 5.41) is 0. The molecule has 0 aliphatic heterocycles. The van der Waals surface area contributed by atoms with Crippen LogP contribution in [0, 0.1) is 0 Å². The predicted molar refractivity (Wildman–Crippen MR) is 96.8 cm³/mol. The maximum atomic E-state index is 11.6. The summed E-state index contributed by atoms with van der Waals surface area (Å²) in [6, 6.07) is 0. The lowest BCUT2D eigenvalue weighted by Gasteiger charge is -2.12. The van der Waals surface area contributed by atoms with Crippen molar-refractivity contribution in [3.63, 3.8) is 0 Å². The fourth-order valence-electron chi connectivity index (χ4n) is 2.52. The van der Waals surface area contributed by atoms with Gasteiger partial charge in [-0.25, -0.2) is 8.37 Å². The average Bonchev–Trinajstić information content (AvgIpc) is 2.50. The molecule has 0 radical (unpaired) electrons. The molecule has 0 N–H and O–H groups in total. The van der Waals surface area contributed by atoms with Crippen molar-refractivity contribution in [3.05, 3.63) is 0 Å². The first-order chi connectivity index (χ1) is 11.0. The molecule has 4 nitrogen and oxygen atoms in total. The lowest BCUT2D eigenvalue weighted by molar-refractivity contribution is 0.158. The summed E-state index contributed by atoms with van der Waals surface area (Å²) >= 11 is 0. The number of hydrogen-bond acceptors (Lipinski definition) is 4. The topological polar surface area (TPSA) is 52.6 Å². The van der Waals surface area contributed by atoms with Gasteiger partial charge >= 0.3 is 10.4 Å². The number of hydrogen-bond donors (Lipinski definition) is 0. The van der Waals surface area contributed by atoms with Gasteiger partial charge in [0, 0.05) is 0 Å². The highest BCUT2D eigenvalue weighted by atomic mass is 32.3. The molecule has 5 heteroatoms. The molecule has 0 aromatic carbocycles. The SMILES string of the molecule is CCCCCCCCCCCCOS(=O)(=O)OC(C)CCCC. The maximum Gasteiger partial charge on any atom is 0.400 e. The highest BCUT2D eigenvalue weighted by molar-refractivity contribution is 7.81. The molecule has 140 valence electrons. The van der Waals surface area contributed by atoms with E-state index in [1.807, 2.05) is 0 Å². The van der Waals surface area contributed by atoms with Gasteiger partial charge in [0.25, 0.3) is 0 Å². The van der Waals surface area contributed by atoms with E-state index in [1.165, 1.54) is 44.9 Å². The van der Waals surface area contributed by atoms with Crippen LogP contribution in [0.2, 0.25) is 0 Å². The molecule has 0 heterocycles. The van der Waals surface area contributed by atoms with E-state index in [-0.39, 0.29) is 12.7 Å². The Kier molecular flexibility index (Phi) is 15.3. The van der Waals surface area contributed by atoms with Crippen LogP contribution in [0.5, 0.6) is 0 Å². The summed E-state index contributed by atoms with van der Waals surface area (Å²) < 4.78 is 33.1. The van der Waals surface area contributed by atoms with Crippen LogP contribution in [0.25, 0.3) is 0 Å². The van der Waals surface area contributed by atoms with Gasteiger partial charge in [-0.15, -0.1) is 0 Å². The van der Waals surface area contributed by atoms with Crippen molar-refractivity contribution < 1.29 is 16.8 Å². The van der Waals surface area contributed by atoms with Gasteiger partial charge in [-0.2, -0.15) is 8.42 Å². The van der Waals surface area contributed by atoms with Gasteiger partial charge in [-0.05, 0) is 19.8 Å². The summed E-state index contributed by atoms with van der Waals surface area (Å²) in [7, 11) is -3.82. The van der Waals surface area contributed by atoms with Gasteiger partial charge < -0.3 is 0 Å². The van der Waals surface area contributed by atoms with Crippen LogP contribution in [0.3, 0.4) is 0 Å². The molecule has 1 atom stereocenters. The predicted octanol–water partition coefficient (Wildman–Crippen LogP) is 5.76. The summed E-state index contributed by atoms with van der Waals surface area (Å²) in [4.78, 5) is 0. The fourth-order valence-corrected chi connectivity index (χ4v) is 3.40. The third-order valence-electron chi connectivity index (χ3n) is 3.97. The smallest absolute Gasteiger partial charge is 0.248 e. The fraction of sp³-hybridized carbons (Fsp3) is 1.00. The molecule has 1 unspecified atom stereocenters. The van der Waals surface area contributed by atoms with Gasteiger partial charge in [0.15, 0.2) is 0 Å². The Hall–Kier alpha value is -0.130. The lowest BCUT2D eigenvalue weighted by atomic mass is 10.1. The highest BCUT2D eigenvalue weighted by Gasteiger charge is 2.16. The summed E-state index contributed by atoms with van der Waals surface area (Å²) in [5.41, 5.74) is 0. The molecule has 0 spiro atoms. The van der Waals surface area contributed by atoms with E-state index in [4.69, 9.17) is 8.37 Å². The second kappa shape index (κ2) is 15.4. The van der Waals surface area contributed by atoms with Crippen molar-refractivity contribution in [3.8, 4) is 0 Å². The normalized spacial score (nSPS) is 13.3. The standard InChI is InChI=1S/C18H38O4S/c1-4-6-8-9-10-11-12-13-14-15-17-21-23(19,20)22-18(3)16-7-5-2/h18H,4-17H2,1-3H3.